The van der Waals surface area contributed by atoms with E-state index in [1.807, 2.05) is 12.3 Å². The van der Waals surface area contributed by atoms with Gasteiger partial charge in [-0.1, -0.05) is 54.8 Å². The molecular weight excluding hydrogens is 300 g/mol. The lowest BCUT2D eigenvalue weighted by Crippen LogP contribution is -2.04. The minimum Gasteiger partial charge on any atom is -0.370 e. The summed E-state index contributed by atoms with van der Waals surface area (Å²) in [6.07, 6.45) is 5.64. The molecule has 2 aromatic rings. The summed E-state index contributed by atoms with van der Waals surface area (Å²) in [6, 6.07) is 8.28. The van der Waals surface area contributed by atoms with Crippen molar-refractivity contribution in [2.24, 2.45) is 5.92 Å². The lowest BCUT2D eigenvalue weighted by atomic mass is 10.1. The number of rotatable bonds is 6. The third-order valence-corrected chi connectivity index (χ3v) is 3.95. The van der Waals surface area contributed by atoms with E-state index < -0.39 is 0 Å². The minimum atomic E-state index is 0.798. The van der Waals surface area contributed by atoms with Crippen LogP contribution in [0, 0.1) is 5.92 Å². The monoisotopic (exact) mass is 320 g/mol. The Balaban J connectivity index is 1.99. The maximum Gasteiger partial charge on any atom is 0.133 e. The number of unbranched alkanes of at least 4 members (excludes halogenated alkanes) is 1. The van der Waals surface area contributed by atoms with Crippen molar-refractivity contribution in [3.05, 3.63) is 34.9 Å². The maximum absolute atomic E-state index is 4.45. The molecule has 0 spiro atoms. The zero-order chi connectivity index (χ0) is 13.7. The summed E-state index contributed by atoms with van der Waals surface area (Å²) < 4.78 is 1.12. The first kappa shape index (κ1) is 14.3. The quantitative estimate of drug-likeness (QED) is 0.736. The van der Waals surface area contributed by atoms with Crippen LogP contribution in [0.5, 0.6) is 0 Å². The maximum atomic E-state index is 4.45. The number of fused-ring (bicyclic) bond motifs is 1. The van der Waals surface area contributed by atoms with Gasteiger partial charge < -0.3 is 5.32 Å². The molecule has 1 aromatic carbocycles. The van der Waals surface area contributed by atoms with Gasteiger partial charge in [0.1, 0.15) is 5.82 Å². The molecule has 0 amide bonds. The molecule has 102 valence electrons. The van der Waals surface area contributed by atoms with Crippen molar-refractivity contribution in [1.82, 2.24) is 4.98 Å². The van der Waals surface area contributed by atoms with Gasteiger partial charge >= 0.3 is 0 Å². The minimum absolute atomic E-state index is 0.798. The Bertz CT molecular complexity index is 537. The molecule has 2 rings (SSSR count). The standard InChI is InChI=1S/C16H21BrN2/c1-12(2)6-3-4-10-18-16-14-7-5-8-15(17)13(14)9-11-19-16/h5,7-9,11-12H,3-4,6,10H2,1-2H3,(H,18,19). The summed E-state index contributed by atoms with van der Waals surface area (Å²) in [6.45, 7) is 5.54. The molecule has 2 nitrogen and oxygen atoms in total. The van der Waals surface area contributed by atoms with E-state index in [0.717, 1.165) is 22.8 Å². The molecule has 0 aliphatic carbocycles. The average molecular weight is 321 g/mol. The first-order valence-corrected chi connectivity index (χ1v) is 7.75. The number of anilines is 1. The molecule has 0 fully saturated rings. The Morgan fingerprint density at radius 2 is 2.00 bits per heavy atom. The summed E-state index contributed by atoms with van der Waals surface area (Å²) >= 11 is 3.58. The lowest BCUT2D eigenvalue weighted by Gasteiger charge is -2.10. The Morgan fingerprint density at radius 1 is 1.16 bits per heavy atom. The molecule has 0 aliphatic heterocycles. The number of hydrogen-bond acceptors (Lipinski definition) is 2. The largest absolute Gasteiger partial charge is 0.370 e. The van der Waals surface area contributed by atoms with Crippen molar-refractivity contribution in [3.8, 4) is 0 Å². The number of hydrogen-bond donors (Lipinski definition) is 1. The average Bonchev–Trinajstić information content (AvgIpc) is 2.39. The highest BCUT2D eigenvalue weighted by atomic mass is 79.9. The summed E-state index contributed by atoms with van der Waals surface area (Å²) in [5.41, 5.74) is 0. The molecule has 19 heavy (non-hydrogen) atoms. The predicted octanol–water partition coefficient (Wildman–Crippen LogP) is 5.24. The molecule has 1 aromatic heterocycles. The van der Waals surface area contributed by atoms with Crippen molar-refractivity contribution in [2.45, 2.75) is 33.1 Å². The molecule has 0 atom stereocenters. The highest BCUT2D eigenvalue weighted by molar-refractivity contribution is 9.10. The van der Waals surface area contributed by atoms with E-state index in [1.54, 1.807) is 0 Å². The molecule has 0 saturated heterocycles. The van der Waals surface area contributed by atoms with Crippen molar-refractivity contribution < 1.29 is 0 Å². The van der Waals surface area contributed by atoms with Gasteiger partial charge in [-0.3, -0.25) is 0 Å². The number of pyridine rings is 1. The molecule has 0 saturated carbocycles. The smallest absolute Gasteiger partial charge is 0.133 e. The second-order valence-corrected chi connectivity index (χ2v) is 6.17. The van der Waals surface area contributed by atoms with Gasteiger partial charge in [-0.05, 0) is 24.5 Å². The van der Waals surface area contributed by atoms with Gasteiger partial charge in [0.2, 0.25) is 0 Å². The van der Waals surface area contributed by atoms with Crippen LogP contribution in [0.1, 0.15) is 33.1 Å². The van der Waals surface area contributed by atoms with Crippen LogP contribution in [0.2, 0.25) is 0 Å². The number of benzene rings is 1. The van der Waals surface area contributed by atoms with Gasteiger partial charge in [0.25, 0.3) is 0 Å². The number of halogens is 1. The van der Waals surface area contributed by atoms with Crippen LogP contribution < -0.4 is 5.32 Å². The molecule has 0 radical (unpaired) electrons. The second kappa shape index (κ2) is 6.90. The fourth-order valence-electron chi connectivity index (χ4n) is 2.19. The van der Waals surface area contributed by atoms with Crippen LogP contribution in [0.25, 0.3) is 10.8 Å². The Labute approximate surface area is 123 Å². The zero-order valence-electron chi connectivity index (χ0n) is 11.6. The van der Waals surface area contributed by atoms with Gasteiger partial charge in [-0.2, -0.15) is 0 Å². The van der Waals surface area contributed by atoms with Crippen LogP contribution in [-0.2, 0) is 0 Å². The van der Waals surface area contributed by atoms with E-state index in [9.17, 15) is 0 Å². The molecule has 1 N–H and O–H groups in total. The van der Waals surface area contributed by atoms with Gasteiger partial charge in [0.05, 0.1) is 0 Å². The van der Waals surface area contributed by atoms with Crippen molar-refractivity contribution >= 4 is 32.5 Å². The normalized spacial score (nSPS) is 11.2. The van der Waals surface area contributed by atoms with Crippen LogP contribution in [-0.4, -0.2) is 11.5 Å². The fraction of sp³-hybridized carbons (Fsp3) is 0.438. The third kappa shape index (κ3) is 3.93. The number of nitrogens with one attached hydrogen (secondary N) is 1. The van der Waals surface area contributed by atoms with E-state index in [1.165, 1.54) is 30.0 Å². The van der Waals surface area contributed by atoms with Crippen LogP contribution >= 0.6 is 15.9 Å². The highest BCUT2D eigenvalue weighted by Gasteiger charge is 2.04. The van der Waals surface area contributed by atoms with E-state index in [2.05, 4.69) is 58.3 Å². The first-order valence-electron chi connectivity index (χ1n) is 6.95. The summed E-state index contributed by atoms with van der Waals surface area (Å²) in [4.78, 5) is 4.45. The molecule has 0 unspecified atom stereocenters. The molecular formula is C16H21BrN2. The van der Waals surface area contributed by atoms with Crippen LogP contribution in [0.4, 0.5) is 5.82 Å². The van der Waals surface area contributed by atoms with Crippen molar-refractivity contribution in [1.29, 1.82) is 0 Å². The van der Waals surface area contributed by atoms with Gasteiger partial charge in [-0.15, -0.1) is 0 Å². The fourth-order valence-corrected chi connectivity index (χ4v) is 2.69. The Hall–Kier alpha value is -1.09. The molecule has 1 heterocycles. The Kier molecular flexibility index (Phi) is 5.20. The first-order chi connectivity index (χ1) is 9.18. The summed E-state index contributed by atoms with van der Waals surface area (Å²) in [5, 5.41) is 5.85. The van der Waals surface area contributed by atoms with Crippen LogP contribution in [0.3, 0.4) is 0 Å². The van der Waals surface area contributed by atoms with Crippen LogP contribution in [0.15, 0.2) is 34.9 Å². The predicted molar refractivity (Wildman–Crippen MR) is 86.6 cm³/mol. The van der Waals surface area contributed by atoms with Crippen molar-refractivity contribution in [2.75, 3.05) is 11.9 Å². The van der Waals surface area contributed by atoms with Gasteiger partial charge in [0.15, 0.2) is 0 Å². The summed E-state index contributed by atoms with van der Waals surface area (Å²) in [5.74, 6) is 1.79. The Morgan fingerprint density at radius 3 is 2.79 bits per heavy atom. The third-order valence-electron chi connectivity index (χ3n) is 3.25. The van der Waals surface area contributed by atoms with Gasteiger partial charge in [-0.25, -0.2) is 4.98 Å². The van der Waals surface area contributed by atoms with Gasteiger partial charge in [0, 0.05) is 28.0 Å². The van der Waals surface area contributed by atoms with E-state index in [0.29, 0.717) is 0 Å². The SMILES string of the molecule is CC(C)CCCCNc1nccc2c(Br)cccc12. The second-order valence-electron chi connectivity index (χ2n) is 5.31. The molecule has 3 heteroatoms. The van der Waals surface area contributed by atoms with E-state index in [4.69, 9.17) is 0 Å². The van der Waals surface area contributed by atoms with E-state index in [-0.39, 0.29) is 0 Å². The highest BCUT2D eigenvalue weighted by Crippen LogP contribution is 2.27. The lowest BCUT2D eigenvalue weighted by molar-refractivity contribution is 0.544. The van der Waals surface area contributed by atoms with Crippen molar-refractivity contribution in [3.63, 3.8) is 0 Å². The topological polar surface area (TPSA) is 24.9 Å². The molecule has 0 bridgehead atoms. The number of aromatic nitrogens is 1. The van der Waals surface area contributed by atoms with E-state index >= 15 is 0 Å². The molecule has 0 aliphatic rings. The number of nitrogens with zero attached hydrogens (tertiary/aromatic N) is 1. The summed E-state index contributed by atoms with van der Waals surface area (Å²) in [7, 11) is 0. The zero-order valence-corrected chi connectivity index (χ0v) is 13.2.